The molecule has 0 saturated carbocycles. The zero-order chi connectivity index (χ0) is 18.2. The third-order valence-corrected chi connectivity index (χ3v) is 3.17. The van der Waals surface area contributed by atoms with Crippen LogP contribution in [0.5, 0.6) is 5.75 Å². The maximum atomic E-state index is 11.8. The van der Waals surface area contributed by atoms with Crippen LogP contribution >= 0.6 is 0 Å². The molecule has 0 bridgehead atoms. The second-order valence-corrected chi connectivity index (χ2v) is 4.99. The highest BCUT2D eigenvalue weighted by molar-refractivity contribution is 5.93. The van der Waals surface area contributed by atoms with E-state index in [1.165, 1.54) is 13.2 Å². The van der Waals surface area contributed by atoms with Crippen LogP contribution in [0.15, 0.2) is 35.3 Å². The molecule has 1 amide bonds. The number of ether oxygens (including phenoxy) is 1. The van der Waals surface area contributed by atoms with Gasteiger partial charge in [-0.1, -0.05) is 18.2 Å². The van der Waals surface area contributed by atoms with Crippen molar-refractivity contribution in [1.29, 1.82) is 0 Å². The van der Waals surface area contributed by atoms with Gasteiger partial charge in [-0.25, -0.2) is 4.98 Å². The quantitative estimate of drug-likeness (QED) is 0.693. The Hall–Kier alpha value is -3.42. The van der Waals surface area contributed by atoms with Crippen LogP contribution in [0.2, 0.25) is 0 Å². The number of H-pyrrole nitrogens is 1. The monoisotopic (exact) mass is 343 g/mol. The third-order valence-electron chi connectivity index (χ3n) is 3.17. The second-order valence-electron chi connectivity index (χ2n) is 4.99. The number of carboxylic acids is 1. The molecule has 0 radical (unpaired) electrons. The standard InChI is InChI=1S/C17H17N3O5/c1-18-16(23)13-10-19-14(20-17(13)24)6-5-11-3-2-4-12(9-11)25-8-7-15(21)22/h2-6,9-10H,7-8H2,1H3,(H,18,23)(H,21,22)(H,19,20,24)/b6-5+. The first-order chi connectivity index (χ1) is 12.0. The van der Waals surface area contributed by atoms with E-state index in [0.717, 1.165) is 5.56 Å². The first-order valence-corrected chi connectivity index (χ1v) is 7.43. The Morgan fingerprint density at radius 3 is 2.84 bits per heavy atom. The molecule has 1 aromatic heterocycles. The van der Waals surface area contributed by atoms with E-state index in [0.29, 0.717) is 11.6 Å². The fourth-order valence-corrected chi connectivity index (χ4v) is 1.93. The van der Waals surface area contributed by atoms with Gasteiger partial charge in [0.1, 0.15) is 17.1 Å². The lowest BCUT2D eigenvalue weighted by Gasteiger charge is -2.05. The highest BCUT2D eigenvalue weighted by Gasteiger charge is 2.08. The van der Waals surface area contributed by atoms with E-state index in [9.17, 15) is 14.4 Å². The number of nitrogens with zero attached hydrogens (tertiary/aromatic N) is 1. The number of aliphatic carboxylic acids is 1. The van der Waals surface area contributed by atoms with Crippen molar-refractivity contribution in [2.75, 3.05) is 13.7 Å². The number of carbonyl (C=O) groups is 2. The number of hydrogen-bond donors (Lipinski definition) is 3. The number of hydrogen-bond acceptors (Lipinski definition) is 5. The molecule has 0 fully saturated rings. The van der Waals surface area contributed by atoms with E-state index >= 15 is 0 Å². The van der Waals surface area contributed by atoms with E-state index in [-0.39, 0.29) is 18.6 Å². The molecule has 8 nitrogen and oxygen atoms in total. The zero-order valence-corrected chi connectivity index (χ0v) is 13.5. The third kappa shape index (κ3) is 5.31. The van der Waals surface area contributed by atoms with Crippen LogP contribution in [0.4, 0.5) is 0 Å². The van der Waals surface area contributed by atoms with E-state index < -0.39 is 17.4 Å². The lowest BCUT2D eigenvalue weighted by Crippen LogP contribution is -2.27. The van der Waals surface area contributed by atoms with Crippen LogP contribution in [-0.4, -0.2) is 40.6 Å². The maximum Gasteiger partial charge on any atom is 0.306 e. The summed E-state index contributed by atoms with van der Waals surface area (Å²) in [5, 5.41) is 11.0. The number of rotatable bonds is 7. The normalized spacial score (nSPS) is 10.6. The average Bonchev–Trinajstić information content (AvgIpc) is 2.59. The molecule has 3 N–H and O–H groups in total. The lowest BCUT2D eigenvalue weighted by molar-refractivity contribution is -0.137. The van der Waals surface area contributed by atoms with Crippen LogP contribution in [0, 0.1) is 0 Å². The molecule has 8 heteroatoms. The Balaban J connectivity index is 2.09. The van der Waals surface area contributed by atoms with Crippen molar-refractivity contribution in [2.45, 2.75) is 6.42 Å². The Morgan fingerprint density at radius 1 is 1.36 bits per heavy atom. The van der Waals surface area contributed by atoms with E-state index in [1.807, 2.05) is 6.07 Å². The second kappa shape index (κ2) is 8.44. The largest absolute Gasteiger partial charge is 0.493 e. The molecule has 0 saturated heterocycles. The summed E-state index contributed by atoms with van der Waals surface area (Å²) >= 11 is 0. The lowest BCUT2D eigenvalue weighted by atomic mass is 10.2. The van der Waals surface area contributed by atoms with Crippen LogP contribution in [0.3, 0.4) is 0 Å². The van der Waals surface area contributed by atoms with Gasteiger partial charge in [-0.05, 0) is 23.8 Å². The Kier molecular flexibility index (Phi) is 6.05. The summed E-state index contributed by atoms with van der Waals surface area (Å²) in [6.07, 6.45) is 4.43. The Bertz CT molecular complexity index is 857. The van der Waals surface area contributed by atoms with Gasteiger partial charge in [-0.15, -0.1) is 0 Å². The van der Waals surface area contributed by atoms with Crippen molar-refractivity contribution in [3.05, 3.63) is 57.8 Å². The molecule has 1 aromatic carbocycles. The van der Waals surface area contributed by atoms with Crippen molar-refractivity contribution in [2.24, 2.45) is 0 Å². The van der Waals surface area contributed by atoms with Gasteiger partial charge in [0.25, 0.3) is 11.5 Å². The minimum atomic E-state index is -0.925. The summed E-state index contributed by atoms with van der Waals surface area (Å²) in [5.41, 5.74) is 0.194. The highest BCUT2D eigenvalue weighted by atomic mass is 16.5. The van der Waals surface area contributed by atoms with Gasteiger partial charge < -0.3 is 20.1 Å². The number of benzene rings is 1. The van der Waals surface area contributed by atoms with Crippen molar-refractivity contribution in [3.63, 3.8) is 0 Å². The molecule has 0 aliphatic carbocycles. The van der Waals surface area contributed by atoms with Gasteiger partial charge in [0, 0.05) is 13.2 Å². The van der Waals surface area contributed by atoms with Crippen molar-refractivity contribution >= 4 is 24.0 Å². The predicted molar refractivity (Wildman–Crippen MR) is 91.4 cm³/mol. The number of aromatic amines is 1. The topological polar surface area (TPSA) is 121 Å². The first-order valence-electron chi connectivity index (χ1n) is 7.43. The number of amides is 1. The summed E-state index contributed by atoms with van der Waals surface area (Å²) in [5.74, 6) is -0.587. The fraction of sp³-hybridized carbons (Fsp3) is 0.176. The van der Waals surface area contributed by atoms with E-state index in [4.69, 9.17) is 9.84 Å². The molecule has 0 atom stereocenters. The molecule has 25 heavy (non-hydrogen) atoms. The van der Waals surface area contributed by atoms with Crippen molar-refractivity contribution in [1.82, 2.24) is 15.3 Å². The minimum Gasteiger partial charge on any atom is -0.493 e. The summed E-state index contributed by atoms with van der Waals surface area (Å²) in [6, 6.07) is 7.03. The average molecular weight is 343 g/mol. The van der Waals surface area contributed by atoms with Crippen molar-refractivity contribution < 1.29 is 19.4 Å². The van der Waals surface area contributed by atoms with E-state index in [2.05, 4.69) is 15.3 Å². The number of carbonyl (C=O) groups excluding carboxylic acids is 1. The summed E-state index contributed by atoms with van der Waals surface area (Å²) in [4.78, 5) is 40.3. The molecule has 2 rings (SSSR count). The molecular weight excluding hydrogens is 326 g/mol. The SMILES string of the molecule is CNC(=O)c1cnc(/C=C/c2cccc(OCCC(=O)O)c2)[nH]c1=O. The minimum absolute atomic E-state index is 0.0616. The molecule has 0 spiro atoms. The molecule has 0 aliphatic rings. The first kappa shape index (κ1) is 17.9. The van der Waals surface area contributed by atoms with Crippen LogP contribution < -0.4 is 15.6 Å². The van der Waals surface area contributed by atoms with Gasteiger partial charge in [0.2, 0.25) is 0 Å². The number of carboxylic acid groups (broad SMARTS) is 1. The summed E-state index contributed by atoms with van der Waals surface area (Å²) in [7, 11) is 1.43. The fourth-order valence-electron chi connectivity index (χ4n) is 1.93. The Labute approximate surface area is 143 Å². The van der Waals surface area contributed by atoms with E-state index in [1.54, 1.807) is 30.4 Å². The molecule has 0 aliphatic heterocycles. The molecular formula is C17H17N3O5. The number of aromatic nitrogens is 2. The highest BCUT2D eigenvalue weighted by Crippen LogP contribution is 2.15. The van der Waals surface area contributed by atoms with Gasteiger partial charge in [-0.3, -0.25) is 14.4 Å². The van der Waals surface area contributed by atoms with Gasteiger partial charge >= 0.3 is 5.97 Å². The molecule has 0 unspecified atom stereocenters. The number of nitrogens with one attached hydrogen (secondary N) is 2. The smallest absolute Gasteiger partial charge is 0.306 e. The van der Waals surface area contributed by atoms with Crippen molar-refractivity contribution in [3.8, 4) is 5.75 Å². The van der Waals surface area contributed by atoms with Gasteiger partial charge in [0.15, 0.2) is 0 Å². The van der Waals surface area contributed by atoms with Crippen LogP contribution in [0.1, 0.15) is 28.2 Å². The molecule has 1 heterocycles. The predicted octanol–water partition coefficient (Wildman–Crippen LogP) is 1.15. The van der Waals surface area contributed by atoms with Crippen LogP contribution in [-0.2, 0) is 4.79 Å². The summed E-state index contributed by atoms with van der Waals surface area (Å²) < 4.78 is 5.35. The van der Waals surface area contributed by atoms with Gasteiger partial charge in [0.05, 0.1) is 13.0 Å². The maximum absolute atomic E-state index is 11.8. The Morgan fingerprint density at radius 2 is 2.16 bits per heavy atom. The van der Waals surface area contributed by atoms with Gasteiger partial charge in [-0.2, -0.15) is 0 Å². The molecule has 130 valence electrons. The zero-order valence-electron chi connectivity index (χ0n) is 13.5. The molecule has 2 aromatic rings. The van der Waals surface area contributed by atoms with Crippen LogP contribution in [0.25, 0.3) is 12.2 Å². The summed E-state index contributed by atoms with van der Waals surface area (Å²) in [6.45, 7) is 0.0817.